The Balaban J connectivity index is 1.51. The molecule has 34 heavy (non-hydrogen) atoms. The minimum absolute atomic E-state index is 0.287. The van der Waals surface area contributed by atoms with Crippen LogP contribution in [0.25, 0.3) is 0 Å². The molecule has 0 aliphatic heterocycles. The number of halogens is 2. The molecule has 0 heterocycles. The highest BCUT2D eigenvalue weighted by molar-refractivity contribution is 5.76. The quantitative estimate of drug-likeness (QED) is 0.255. The van der Waals surface area contributed by atoms with E-state index in [9.17, 15) is 18.4 Å². The first kappa shape index (κ1) is 26.6. The second kappa shape index (κ2) is 13.2. The molecule has 0 atom stereocenters. The monoisotopic (exact) mass is 478 g/mol. The third-order valence-electron chi connectivity index (χ3n) is 7.72. The van der Waals surface area contributed by atoms with Crippen LogP contribution in [0.1, 0.15) is 104 Å². The van der Waals surface area contributed by atoms with Gasteiger partial charge in [-0.25, -0.2) is 0 Å². The van der Waals surface area contributed by atoms with Crippen LogP contribution in [0.3, 0.4) is 0 Å². The molecule has 1 aromatic rings. The molecule has 2 saturated carbocycles. The molecular formula is C28H40F2O4. The topological polar surface area (TPSA) is 52.6 Å². The Morgan fingerprint density at radius 2 is 1.06 bits per heavy atom. The van der Waals surface area contributed by atoms with Gasteiger partial charge in [0, 0.05) is 0 Å². The SMILES string of the molecule is CCCCC1CCC(C(=O)Oc2ccc(OC(=O)C3CCC(CCCC)CC3)c(F)c2F)CC1. The normalized spacial score (nSPS) is 25.1. The number of rotatable bonds is 10. The molecule has 0 bridgehead atoms. The molecule has 3 rings (SSSR count). The Morgan fingerprint density at radius 3 is 1.38 bits per heavy atom. The lowest BCUT2D eigenvalue weighted by Gasteiger charge is -2.27. The average molecular weight is 479 g/mol. The molecule has 190 valence electrons. The van der Waals surface area contributed by atoms with Crippen molar-refractivity contribution in [3.63, 3.8) is 0 Å². The van der Waals surface area contributed by atoms with Crippen LogP contribution in [0.4, 0.5) is 8.78 Å². The number of hydrogen-bond donors (Lipinski definition) is 0. The van der Waals surface area contributed by atoms with Crippen LogP contribution < -0.4 is 9.47 Å². The van der Waals surface area contributed by atoms with Gasteiger partial charge in [-0.15, -0.1) is 0 Å². The molecule has 0 saturated heterocycles. The number of hydrogen-bond acceptors (Lipinski definition) is 4. The van der Waals surface area contributed by atoms with E-state index >= 15 is 0 Å². The van der Waals surface area contributed by atoms with Crippen LogP contribution in [-0.4, -0.2) is 11.9 Å². The highest BCUT2D eigenvalue weighted by Crippen LogP contribution is 2.36. The molecule has 2 fully saturated rings. The van der Waals surface area contributed by atoms with Gasteiger partial charge >= 0.3 is 11.9 Å². The standard InChI is InChI=1S/C28H40F2O4/c1-3-5-7-19-9-13-21(14-10-19)27(31)33-23-17-18-24(26(30)25(23)29)34-28(32)22-15-11-20(12-16-22)8-6-4-2/h17-22H,3-16H2,1-2H3. The van der Waals surface area contributed by atoms with Crippen molar-refractivity contribution in [1.82, 2.24) is 0 Å². The fourth-order valence-corrected chi connectivity index (χ4v) is 5.41. The summed E-state index contributed by atoms with van der Waals surface area (Å²) in [7, 11) is 0. The molecule has 6 heteroatoms. The molecule has 1 aromatic carbocycles. The molecule has 2 aliphatic carbocycles. The first-order valence-electron chi connectivity index (χ1n) is 13.3. The van der Waals surface area contributed by atoms with Crippen molar-refractivity contribution >= 4 is 11.9 Å². The summed E-state index contributed by atoms with van der Waals surface area (Å²) in [5.41, 5.74) is 0. The maximum atomic E-state index is 14.6. The van der Waals surface area contributed by atoms with E-state index in [-0.39, 0.29) is 11.8 Å². The van der Waals surface area contributed by atoms with Gasteiger partial charge < -0.3 is 9.47 Å². The van der Waals surface area contributed by atoms with Crippen molar-refractivity contribution in [2.24, 2.45) is 23.7 Å². The molecule has 0 radical (unpaired) electrons. The minimum atomic E-state index is -1.29. The lowest BCUT2D eigenvalue weighted by molar-refractivity contribution is -0.141. The van der Waals surface area contributed by atoms with Crippen LogP contribution >= 0.6 is 0 Å². The van der Waals surface area contributed by atoms with Crippen molar-refractivity contribution in [3.05, 3.63) is 23.8 Å². The summed E-state index contributed by atoms with van der Waals surface area (Å²) < 4.78 is 39.6. The van der Waals surface area contributed by atoms with Gasteiger partial charge in [-0.05, 0) is 75.3 Å². The Bertz CT molecular complexity index is 742. The van der Waals surface area contributed by atoms with Gasteiger partial charge in [0.25, 0.3) is 0 Å². The molecule has 4 nitrogen and oxygen atoms in total. The first-order chi connectivity index (χ1) is 16.4. The fraction of sp³-hybridized carbons (Fsp3) is 0.714. The zero-order valence-corrected chi connectivity index (χ0v) is 20.8. The molecule has 2 aliphatic rings. The zero-order valence-electron chi connectivity index (χ0n) is 20.8. The molecule has 0 unspecified atom stereocenters. The molecule has 0 spiro atoms. The van der Waals surface area contributed by atoms with Gasteiger partial charge in [0.1, 0.15) is 0 Å². The third kappa shape index (κ3) is 7.26. The van der Waals surface area contributed by atoms with E-state index in [1.165, 1.54) is 37.8 Å². The van der Waals surface area contributed by atoms with E-state index in [1.807, 2.05) is 0 Å². The van der Waals surface area contributed by atoms with Crippen molar-refractivity contribution in [3.8, 4) is 11.5 Å². The highest BCUT2D eigenvalue weighted by Gasteiger charge is 2.31. The second-order valence-electron chi connectivity index (χ2n) is 10.3. The van der Waals surface area contributed by atoms with Crippen LogP contribution in [0, 0.1) is 35.3 Å². The minimum Gasteiger partial charge on any atom is -0.423 e. The van der Waals surface area contributed by atoms with Crippen LogP contribution in [0.2, 0.25) is 0 Å². The van der Waals surface area contributed by atoms with E-state index in [0.717, 1.165) is 38.5 Å². The molecule has 0 amide bonds. The number of carbonyl (C=O) groups excluding carboxylic acids is 2. The fourth-order valence-electron chi connectivity index (χ4n) is 5.41. The Labute approximate surface area is 202 Å². The van der Waals surface area contributed by atoms with Gasteiger partial charge in [-0.2, -0.15) is 8.78 Å². The lowest BCUT2D eigenvalue weighted by Crippen LogP contribution is -2.26. The van der Waals surface area contributed by atoms with Crippen molar-refractivity contribution in [2.45, 2.75) is 104 Å². The van der Waals surface area contributed by atoms with Gasteiger partial charge in [-0.3, -0.25) is 9.59 Å². The smallest absolute Gasteiger partial charge is 0.314 e. The number of ether oxygens (including phenoxy) is 2. The van der Waals surface area contributed by atoms with E-state index in [2.05, 4.69) is 13.8 Å². The van der Waals surface area contributed by atoms with Crippen molar-refractivity contribution in [1.29, 1.82) is 0 Å². The number of benzene rings is 1. The maximum absolute atomic E-state index is 14.6. The summed E-state index contributed by atoms with van der Waals surface area (Å²) in [4.78, 5) is 25.0. The van der Waals surface area contributed by atoms with Crippen LogP contribution in [0.5, 0.6) is 11.5 Å². The van der Waals surface area contributed by atoms with E-state index < -0.39 is 35.1 Å². The second-order valence-corrected chi connectivity index (χ2v) is 10.3. The molecular weight excluding hydrogens is 438 g/mol. The van der Waals surface area contributed by atoms with Gasteiger partial charge in [-0.1, -0.05) is 52.4 Å². The lowest BCUT2D eigenvalue weighted by atomic mass is 9.80. The summed E-state index contributed by atoms with van der Waals surface area (Å²) in [6.07, 6.45) is 13.8. The van der Waals surface area contributed by atoms with E-state index in [0.29, 0.717) is 37.5 Å². The van der Waals surface area contributed by atoms with Gasteiger partial charge in [0.15, 0.2) is 11.5 Å². The number of esters is 2. The summed E-state index contributed by atoms with van der Waals surface area (Å²) in [6, 6.07) is 2.35. The van der Waals surface area contributed by atoms with Crippen molar-refractivity contribution < 1.29 is 27.8 Å². The Hall–Kier alpha value is -1.98. The first-order valence-corrected chi connectivity index (χ1v) is 13.3. The summed E-state index contributed by atoms with van der Waals surface area (Å²) in [5.74, 6) is -3.82. The highest BCUT2D eigenvalue weighted by atomic mass is 19.2. The third-order valence-corrected chi connectivity index (χ3v) is 7.72. The number of carbonyl (C=O) groups is 2. The number of unbranched alkanes of at least 4 members (excludes halogenated alkanes) is 2. The largest absolute Gasteiger partial charge is 0.423 e. The predicted molar refractivity (Wildman–Crippen MR) is 128 cm³/mol. The van der Waals surface area contributed by atoms with Gasteiger partial charge in [0.05, 0.1) is 11.8 Å². The summed E-state index contributed by atoms with van der Waals surface area (Å²) in [5, 5.41) is 0. The van der Waals surface area contributed by atoms with E-state index in [4.69, 9.17) is 9.47 Å². The molecule has 0 aromatic heterocycles. The van der Waals surface area contributed by atoms with Gasteiger partial charge in [0.2, 0.25) is 11.6 Å². The zero-order chi connectivity index (χ0) is 24.5. The van der Waals surface area contributed by atoms with Crippen molar-refractivity contribution in [2.75, 3.05) is 0 Å². The summed E-state index contributed by atoms with van der Waals surface area (Å²) >= 11 is 0. The van der Waals surface area contributed by atoms with E-state index in [1.54, 1.807) is 0 Å². The van der Waals surface area contributed by atoms with Crippen LogP contribution in [0.15, 0.2) is 12.1 Å². The van der Waals surface area contributed by atoms with Crippen LogP contribution in [-0.2, 0) is 9.59 Å². The summed E-state index contributed by atoms with van der Waals surface area (Å²) in [6.45, 7) is 4.34. The maximum Gasteiger partial charge on any atom is 0.314 e. The Morgan fingerprint density at radius 1 is 0.706 bits per heavy atom. The average Bonchev–Trinajstić information content (AvgIpc) is 2.86. The Kier molecular flexibility index (Phi) is 10.3. The molecule has 0 N–H and O–H groups in total. The predicted octanol–water partition coefficient (Wildman–Crippen LogP) is 7.77.